The lowest BCUT2D eigenvalue weighted by molar-refractivity contribution is -0.153. The average molecular weight is 510 g/mol. The lowest BCUT2D eigenvalue weighted by Crippen LogP contribution is -2.40. The molecule has 0 aromatic heterocycles. The number of hydrogen-bond acceptors (Lipinski definition) is 4. The van der Waals surface area contributed by atoms with Gasteiger partial charge in [0, 0.05) is 13.1 Å². The van der Waals surface area contributed by atoms with Crippen LogP contribution in [0.3, 0.4) is 0 Å². The van der Waals surface area contributed by atoms with Crippen molar-refractivity contribution in [1.82, 2.24) is 10.6 Å². The second-order valence-electron chi connectivity index (χ2n) is 5.04. The fourth-order valence-electron chi connectivity index (χ4n) is 1.68. The number of ether oxygens (including phenoxy) is 1. The van der Waals surface area contributed by atoms with E-state index in [9.17, 15) is 21.6 Å². The first kappa shape index (κ1) is 24.7. The number of halogens is 4. The summed E-state index contributed by atoms with van der Waals surface area (Å²) in [5.41, 5.74) is 0.753. The van der Waals surface area contributed by atoms with E-state index in [0.29, 0.717) is 12.5 Å². The minimum absolute atomic E-state index is 0. The molecule has 0 aliphatic carbocycles. The highest BCUT2D eigenvalue weighted by molar-refractivity contribution is 14.0. The summed E-state index contributed by atoms with van der Waals surface area (Å²) < 4.78 is 62.6. The van der Waals surface area contributed by atoms with Crippen molar-refractivity contribution in [3.05, 3.63) is 29.8 Å². The summed E-state index contributed by atoms with van der Waals surface area (Å²) in [7, 11) is -3.56. The molecule has 0 saturated heterocycles. The van der Waals surface area contributed by atoms with E-state index >= 15 is 0 Å². The van der Waals surface area contributed by atoms with Gasteiger partial charge in [-0.25, -0.2) is 18.5 Å². The zero-order valence-electron chi connectivity index (χ0n) is 14.0. The van der Waals surface area contributed by atoms with Crippen LogP contribution in [-0.2, 0) is 16.6 Å². The van der Waals surface area contributed by atoms with Crippen molar-refractivity contribution >= 4 is 40.0 Å². The third-order valence-electron chi connectivity index (χ3n) is 2.77. The van der Waals surface area contributed by atoms with Gasteiger partial charge in [-0.05, 0) is 24.6 Å². The monoisotopic (exact) mass is 510 g/mol. The van der Waals surface area contributed by atoms with Crippen LogP contribution in [-0.4, -0.2) is 46.0 Å². The number of benzene rings is 1. The number of primary sulfonamides is 1. The zero-order valence-corrected chi connectivity index (χ0v) is 17.2. The van der Waals surface area contributed by atoms with Crippen molar-refractivity contribution in [2.45, 2.75) is 19.6 Å². The van der Waals surface area contributed by atoms with Crippen LogP contribution < -0.4 is 20.5 Å². The lowest BCUT2D eigenvalue weighted by Gasteiger charge is -2.11. The number of nitrogens with one attached hydrogen (secondary N) is 2. The number of aliphatic imine (C=N–C) groups is 1. The Morgan fingerprint density at radius 3 is 2.35 bits per heavy atom. The molecular weight excluding hydrogens is 488 g/mol. The minimum atomic E-state index is -4.38. The number of hydrogen-bond donors (Lipinski definition) is 3. The van der Waals surface area contributed by atoms with Gasteiger partial charge in [0.2, 0.25) is 10.0 Å². The zero-order chi connectivity index (χ0) is 18.9. The molecule has 1 rings (SSSR count). The summed E-state index contributed by atoms with van der Waals surface area (Å²) >= 11 is 0. The molecule has 0 bridgehead atoms. The summed E-state index contributed by atoms with van der Waals surface area (Å²) in [4.78, 5) is 4.26. The van der Waals surface area contributed by atoms with Crippen molar-refractivity contribution in [3.63, 3.8) is 0 Å². The third kappa shape index (κ3) is 12.1. The van der Waals surface area contributed by atoms with Crippen LogP contribution >= 0.6 is 24.0 Å². The Hall–Kier alpha value is -1.28. The van der Waals surface area contributed by atoms with E-state index in [4.69, 9.17) is 5.14 Å². The molecule has 0 unspecified atom stereocenters. The fraction of sp³-hybridized carbons (Fsp3) is 0.500. The molecule has 0 aliphatic rings. The number of alkyl halides is 3. The number of nitrogens with two attached hydrogens (primary N) is 1. The van der Waals surface area contributed by atoms with Crippen molar-refractivity contribution in [3.8, 4) is 5.75 Å². The highest BCUT2D eigenvalue weighted by Crippen LogP contribution is 2.19. The molecule has 0 heterocycles. The molecule has 0 saturated carbocycles. The Labute approximate surface area is 167 Å². The summed E-state index contributed by atoms with van der Waals surface area (Å²) in [6.45, 7) is 1.44. The van der Waals surface area contributed by atoms with E-state index in [2.05, 4.69) is 20.4 Å². The van der Waals surface area contributed by atoms with Crippen LogP contribution in [0, 0.1) is 0 Å². The first-order valence-electron chi connectivity index (χ1n) is 7.40. The highest BCUT2D eigenvalue weighted by atomic mass is 127. The maximum Gasteiger partial charge on any atom is 0.422 e. The Morgan fingerprint density at radius 2 is 1.85 bits per heavy atom. The molecule has 0 radical (unpaired) electrons. The minimum Gasteiger partial charge on any atom is -0.484 e. The largest absolute Gasteiger partial charge is 0.484 e. The van der Waals surface area contributed by atoms with Crippen LogP contribution in [0.15, 0.2) is 29.3 Å². The Morgan fingerprint density at radius 1 is 1.23 bits per heavy atom. The average Bonchev–Trinajstić information content (AvgIpc) is 2.49. The predicted octanol–water partition coefficient (Wildman–Crippen LogP) is 1.59. The van der Waals surface area contributed by atoms with E-state index in [1.165, 1.54) is 12.1 Å². The van der Waals surface area contributed by atoms with Crippen LogP contribution in [0.4, 0.5) is 13.2 Å². The number of rotatable bonds is 8. The molecule has 150 valence electrons. The first-order valence-corrected chi connectivity index (χ1v) is 9.12. The smallest absolute Gasteiger partial charge is 0.422 e. The van der Waals surface area contributed by atoms with E-state index in [1.54, 1.807) is 12.1 Å². The normalized spacial score (nSPS) is 12.3. The van der Waals surface area contributed by atoms with Crippen LogP contribution in [0.5, 0.6) is 5.75 Å². The lowest BCUT2D eigenvalue weighted by atomic mass is 10.2. The molecule has 0 fully saturated rings. The fourth-order valence-corrected chi connectivity index (χ4v) is 2.07. The van der Waals surface area contributed by atoms with Crippen molar-refractivity contribution in [2.24, 2.45) is 10.1 Å². The van der Waals surface area contributed by atoms with Gasteiger partial charge in [-0.3, -0.25) is 0 Å². The second kappa shape index (κ2) is 11.4. The second-order valence-corrected chi connectivity index (χ2v) is 6.77. The molecule has 0 atom stereocenters. The van der Waals surface area contributed by atoms with Crippen molar-refractivity contribution < 1.29 is 26.3 Å². The predicted molar refractivity (Wildman–Crippen MR) is 104 cm³/mol. The van der Waals surface area contributed by atoms with Crippen LogP contribution in [0.25, 0.3) is 0 Å². The SMILES string of the molecule is CCNC(=NCc1ccc(OCC(F)(F)F)cc1)NCCS(N)(=O)=O.I. The maximum absolute atomic E-state index is 12.1. The molecule has 0 aliphatic heterocycles. The Bertz CT molecular complexity index is 667. The van der Waals surface area contributed by atoms with Crippen molar-refractivity contribution in [2.75, 3.05) is 25.4 Å². The Balaban J connectivity index is 0.00000625. The molecule has 7 nitrogen and oxygen atoms in total. The van der Waals surface area contributed by atoms with Crippen molar-refractivity contribution in [1.29, 1.82) is 0 Å². The van der Waals surface area contributed by atoms with Gasteiger partial charge < -0.3 is 15.4 Å². The third-order valence-corrected chi connectivity index (χ3v) is 3.54. The van der Waals surface area contributed by atoms with Gasteiger partial charge in [0.1, 0.15) is 5.75 Å². The number of sulfonamides is 1. The summed E-state index contributed by atoms with van der Waals surface area (Å²) in [6, 6.07) is 6.06. The summed E-state index contributed by atoms with van der Waals surface area (Å²) in [6.07, 6.45) is -4.38. The van der Waals surface area contributed by atoms with Crippen LogP contribution in [0.1, 0.15) is 12.5 Å². The number of guanidine groups is 1. The topological polar surface area (TPSA) is 106 Å². The maximum atomic E-state index is 12.1. The molecular formula is C14H22F3IN4O3S. The van der Waals surface area contributed by atoms with E-state index in [1.807, 2.05) is 6.92 Å². The quantitative estimate of drug-likeness (QED) is 0.280. The standard InChI is InChI=1S/C14H21F3N4O3S.HI/c1-2-19-13(20-7-8-25(18,22)23)21-9-11-3-5-12(6-4-11)24-10-14(15,16)17;/h3-6H,2,7-10H2,1H3,(H2,18,22,23)(H2,19,20,21);1H. The van der Waals surface area contributed by atoms with E-state index in [-0.39, 0.29) is 48.6 Å². The summed E-state index contributed by atoms with van der Waals surface area (Å²) in [5.74, 6) is 0.287. The molecule has 0 amide bonds. The number of nitrogens with zero attached hydrogens (tertiary/aromatic N) is 1. The van der Waals surface area contributed by atoms with Gasteiger partial charge in [0.25, 0.3) is 0 Å². The van der Waals surface area contributed by atoms with Crippen LogP contribution in [0.2, 0.25) is 0 Å². The van der Waals surface area contributed by atoms with Gasteiger partial charge in [0.15, 0.2) is 12.6 Å². The van der Waals surface area contributed by atoms with E-state index < -0.39 is 22.8 Å². The van der Waals surface area contributed by atoms with E-state index in [0.717, 1.165) is 5.56 Å². The van der Waals surface area contributed by atoms with Gasteiger partial charge >= 0.3 is 6.18 Å². The van der Waals surface area contributed by atoms with Gasteiger partial charge in [-0.2, -0.15) is 13.2 Å². The van der Waals surface area contributed by atoms with Gasteiger partial charge in [-0.15, -0.1) is 24.0 Å². The van der Waals surface area contributed by atoms with Gasteiger partial charge in [-0.1, -0.05) is 12.1 Å². The molecule has 12 heteroatoms. The molecule has 26 heavy (non-hydrogen) atoms. The highest BCUT2D eigenvalue weighted by Gasteiger charge is 2.28. The Kier molecular flexibility index (Phi) is 10.9. The molecule has 0 spiro atoms. The molecule has 4 N–H and O–H groups in total. The molecule has 1 aromatic rings. The first-order chi connectivity index (χ1) is 11.6. The van der Waals surface area contributed by atoms with Gasteiger partial charge in [0.05, 0.1) is 12.3 Å². The molecule has 1 aromatic carbocycles. The summed E-state index contributed by atoms with van der Waals surface area (Å²) in [5, 5.41) is 10.7.